The molecule has 4 nitrogen and oxygen atoms in total. The number of carboxylic acids is 1. The molecule has 0 saturated heterocycles. The lowest BCUT2D eigenvalue weighted by Crippen LogP contribution is -2.06. The Kier molecular flexibility index (Phi) is 5.60. The van der Waals surface area contributed by atoms with Gasteiger partial charge in [0.05, 0.1) is 13.5 Å². The van der Waals surface area contributed by atoms with Gasteiger partial charge in [0.15, 0.2) is 0 Å². The van der Waals surface area contributed by atoms with Crippen LogP contribution < -0.4 is 0 Å². The zero-order valence-electron chi connectivity index (χ0n) is 8.74. The summed E-state index contributed by atoms with van der Waals surface area (Å²) in [4.78, 5) is 21.5. The normalized spacial score (nSPS) is 11.6. The lowest BCUT2D eigenvalue weighted by Gasteiger charge is -2.05. The number of hydrogen-bond donors (Lipinski definition) is 1. The molecule has 0 aromatic rings. The molecule has 0 heterocycles. The van der Waals surface area contributed by atoms with Gasteiger partial charge in [-0.2, -0.15) is 0 Å². The summed E-state index contributed by atoms with van der Waals surface area (Å²) in [5, 5.41) is 8.79. The minimum atomic E-state index is -0.970. The van der Waals surface area contributed by atoms with Crippen molar-refractivity contribution in [3.8, 4) is 0 Å². The van der Waals surface area contributed by atoms with Crippen LogP contribution >= 0.6 is 0 Å². The molecule has 0 spiro atoms. The molecule has 1 N–H and O–H groups in total. The number of methoxy groups -OCH3 is 1. The molecular formula is C10H16O4. The summed E-state index contributed by atoms with van der Waals surface area (Å²) in [6.45, 7) is 3.85. The lowest BCUT2D eigenvalue weighted by molar-refractivity contribution is -0.139. The fraction of sp³-hybridized carbons (Fsp3) is 0.600. The summed E-state index contributed by atoms with van der Waals surface area (Å²) >= 11 is 0. The Balaban J connectivity index is 4.33. The molecule has 0 bridgehead atoms. The van der Waals surface area contributed by atoms with E-state index < -0.39 is 11.9 Å². The van der Waals surface area contributed by atoms with E-state index in [4.69, 9.17) is 5.11 Å². The summed E-state index contributed by atoms with van der Waals surface area (Å²) in [5.74, 6) is -1.13. The highest BCUT2D eigenvalue weighted by Crippen LogP contribution is 2.11. The van der Waals surface area contributed by atoms with Gasteiger partial charge in [-0.25, -0.2) is 4.79 Å². The molecule has 0 unspecified atom stereocenters. The molecule has 80 valence electrons. The van der Waals surface area contributed by atoms with Gasteiger partial charge < -0.3 is 9.84 Å². The predicted octanol–water partition coefficient (Wildman–Crippen LogP) is 1.61. The first-order valence-corrected chi connectivity index (χ1v) is 4.46. The van der Waals surface area contributed by atoms with E-state index in [9.17, 15) is 9.59 Å². The standard InChI is InChI=1S/C10H16O4/c1-7(2)6-8(10(12)13)4-5-9(11)14-3/h4,7H,5-6H2,1-3H3,(H,12,13)/b8-4+. The number of aliphatic carboxylic acids is 1. The Hall–Kier alpha value is -1.32. The summed E-state index contributed by atoms with van der Waals surface area (Å²) in [5.41, 5.74) is 0.269. The van der Waals surface area contributed by atoms with Gasteiger partial charge in [-0.15, -0.1) is 0 Å². The van der Waals surface area contributed by atoms with Crippen molar-refractivity contribution in [2.75, 3.05) is 7.11 Å². The van der Waals surface area contributed by atoms with Crippen molar-refractivity contribution in [1.82, 2.24) is 0 Å². The second-order valence-electron chi connectivity index (χ2n) is 3.41. The first-order chi connectivity index (χ1) is 6.47. The molecule has 0 rings (SSSR count). The Morgan fingerprint density at radius 3 is 2.36 bits per heavy atom. The van der Waals surface area contributed by atoms with E-state index in [0.29, 0.717) is 6.42 Å². The highest BCUT2D eigenvalue weighted by molar-refractivity contribution is 5.87. The van der Waals surface area contributed by atoms with Crippen molar-refractivity contribution in [2.24, 2.45) is 5.92 Å². The summed E-state index contributed by atoms with van der Waals surface area (Å²) in [6.07, 6.45) is 1.89. The minimum absolute atomic E-state index is 0.0187. The van der Waals surface area contributed by atoms with E-state index >= 15 is 0 Å². The maximum absolute atomic E-state index is 10.8. The number of carbonyl (C=O) groups is 2. The maximum Gasteiger partial charge on any atom is 0.331 e. The molecular weight excluding hydrogens is 184 g/mol. The van der Waals surface area contributed by atoms with Crippen LogP contribution in [0.5, 0.6) is 0 Å². The van der Waals surface area contributed by atoms with E-state index in [-0.39, 0.29) is 17.9 Å². The van der Waals surface area contributed by atoms with Crippen molar-refractivity contribution < 1.29 is 19.4 Å². The van der Waals surface area contributed by atoms with Crippen LogP contribution in [0.4, 0.5) is 0 Å². The van der Waals surface area contributed by atoms with Crippen LogP contribution in [0.25, 0.3) is 0 Å². The van der Waals surface area contributed by atoms with Crippen LogP contribution in [-0.2, 0) is 14.3 Å². The maximum atomic E-state index is 10.8. The second kappa shape index (κ2) is 6.18. The van der Waals surface area contributed by atoms with Gasteiger partial charge in [-0.3, -0.25) is 4.79 Å². The molecule has 0 aromatic heterocycles. The van der Waals surface area contributed by atoms with Crippen molar-refractivity contribution in [3.63, 3.8) is 0 Å². The molecule has 4 heteroatoms. The van der Waals surface area contributed by atoms with Crippen LogP contribution in [-0.4, -0.2) is 24.2 Å². The molecule has 0 amide bonds. The SMILES string of the molecule is COC(=O)C/C=C(\CC(C)C)C(=O)O. The van der Waals surface area contributed by atoms with E-state index in [2.05, 4.69) is 4.74 Å². The monoisotopic (exact) mass is 200 g/mol. The van der Waals surface area contributed by atoms with Crippen molar-refractivity contribution in [2.45, 2.75) is 26.7 Å². The molecule has 0 aliphatic heterocycles. The smallest absolute Gasteiger partial charge is 0.331 e. The van der Waals surface area contributed by atoms with Crippen molar-refractivity contribution in [1.29, 1.82) is 0 Å². The highest BCUT2D eigenvalue weighted by Gasteiger charge is 2.10. The molecule has 0 radical (unpaired) electrons. The average Bonchev–Trinajstić information content (AvgIpc) is 2.10. The molecule has 0 aliphatic rings. The third-order valence-electron chi connectivity index (χ3n) is 1.65. The van der Waals surface area contributed by atoms with Gasteiger partial charge in [0, 0.05) is 5.57 Å². The average molecular weight is 200 g/mol. The van der Waals surface area contributed by atoms with Crippen LogP contribution in [0.2, 0.25) is 0 Å². The number of esters is 1. The molecule has 0 aromatic carbocycles. The Morgan fingerprint density at radius 1 is 1.43 bits per heavy atom. The van der Waals surface area contributed by atoms with Gasteiger partial charge in [0.25, 0.3) is 0 Å². The summed E-state index contributed by atoms with van der Waals surface area (Å²) in [6, 6.07) is 0. The number of carboxylic acid groups (broad SMARTS) is 1. The Bertz CT molecular complexity index is 241. The first kappa shape index (κ1) is 12.7. The molecule has 0 aliphatic carbocycles. The van der Waals surface area contributed by atoms with Gasteiger partial charge in [0.2, 0.25) is 0 Å². The van der Waals surface area contributed by atoms with Crippen LogP contribution in [0.1, 0.15) is 26.7 Å². The van der Waals surface area contributed by atoms with E-state index in [1.807, 2.05) is 13.8 Å². The quantitative estimate of drug-likeness (QED) is 0.541. The summed E-state index contributed by atoms with van der Waals surface area (Å²) < 4.78 is 4.41. The van der Waals surface area contributed by atoms with E-state index in [1.165, 1.54) is 13.2 Å². The van der Waals surface area contributed by atoms with Crippen LogP contribution in [0.3, 0.4) is 0 Å². The lowest BCUT2D eigenvalue weighted by atomic mass is 10.0. The molecule has 0 fully saturated rings. The van der Waals surface area contributed by atoms with Gasteiger partial charge in [-0.05, 0) is 12.3 Å². The number of ether oxygens (including phenoxy) is 1. The van der Waals surface area contributed by atoms with E-state index in [0.717, 1.165) is 0 Å². The Labute approximate surface area is 83.6 Å². The zero-order valence-corrected chi connectivity index (χ0v) is 8.74. The van der Waals surface area contributed by atoms with Gasteiger partial charge in [0.1, 0.15) is 0 Å². The predicted molar refractivity (Wildman–Crippen MR) is 51.8 cm³/mol. The van der Waals surface area contributed by atoms with E-state index in [1.54, 1.807) is 0 Å². The zero-order chi connectivity index (χ0) is 11.1. The van der Waals surface area contributed by atoms with Crippen molar-refractivity contribution in [3.05, 3.63) is 11.6 Å². The first-order valence-electron chi connectivity index (χ1n) is 4.46. The fourth-order valence-corrected chi connectivity index (χ4v) is 0.988. The third-order valence-corrected chi connectivity index (χ3v) is 1.65. The summed E-state index contributed by atoms with van der Waals surface area (Å²) in [7, 11) is 1.28. The van der Waals surface area contributed by atoms with Crippen LogP contribution in [0, 0.1) is 5.92 Å². The molecule has 14 heavy (non-hydrogen) atoms. The van der Waals surface area contributed by atoms with Crippen molar-refractivity contribution >= 4 is 11.9 Å². The Morgan fingerprint density at radius 2 is 2.00 bits per heavy atom. The third kappa shape index (κ3) is 5.35. The second-order valence-corrected chi connectivity index (χ2v) is 3.41. The fourth-order valence-electron chi connectivity index (χ4n) is 0.988. The molecule has 0 atom stereocenters. The number of hydrogen-bond acceptors (Lipinski definition) is 3. The van der Waals surface area contributed by atoms with Gasteiger partial charge >= 0.3 is 11.9 Å². The number of rotatable bonds is 5. The van der Waals surface area contributed by atoms with Crippen LogP contribution in [0.15, 0.2) is 11.6 Å². The van der Waals surface area contributed by atoms with Gasteiger partial charge in [-0.1, -0.05) is 19.9 Å². The highest BCUT2D eigenvalue weighted by atomic mass is 16.5. The number of carbonyl (C=O) groups excluding carboxylic acids is 1. The minimum Gasteiger partial charge on any atom is -0.478 e. The molecule has 0 saturated carbocycles. The topological polar surface area (TPSA) is 63.6 Å². The largest absolute Gasteiger partial charge is 0.478 e.